The largest absolute Gasteiger partial charge is 0.463 e. The van der Waals surface area contributed by atoms with Crippen molar-refractivity contribution in [2.45, 2.75) is 6.54 Å². The SMILES string of the molecule is COC(=O)c1nc(Br)nn1CC(=O)c1cccc(C#N)c1. The first-order chi connectivity index (χ1) is 10.0. The van der Waals surface area contributed by atoms with E-state index in [0.717, 1.165) is 4.68 Å². The molecule has 8 heteroatoms. The van der Waals surface area contributed by atoms with Gasteiger partial charge >= 0.3 is 5.97 Å². The summed E-state index contributed by atoms with van der Waals surface area (Å²) in [6.45, 7) is -0.183. The molecule has 21 heavy (non-hydrogen) atoms. The highest BCUT2D eigenvalue weighted by molar-refractivity contribution is 9.10. The number of Topliss-reactive ketones (excluding diaryl/α,β-unsaturated/α-hetero) is 1. The number of ether oxygens (including phenoxy) is 1. The van der Waals surface area contributed by atoms with Gasteiger partial charge in [-0.3, -0.25) is 4.79 Å². The average molecular weight is 349 g/mol. The Labute approximate surface area is 128 Å². The highest BCUT2D eigenvalue weighted by atomic mass is 79.9. The molecule has 0 atom stereocenters. The highest BCUT2D eigenvalue weighted by Crippen LogP contribution is 2.10. The van der Waals surface area contributed by atoms with Crippen molar-refractivity contribution < 1.29 is 14.3 Å². The molecular formula is C13H9BrN4O3. The zero-order valence-corrected chi connectivity index (χ0v) is 12.5. The molecule has 0 saturated heterocycles. The number of ketones is 1. The number of methoxy groups -OCH3 is 1. The molecule has 0 N–H and O–H groups in total. The summed E-state index contributed by atoms with van der Waals surface area (Å²) in [5.41, 5.74) is 0.741. The number of carbonyl (C=O) groups is 2. The average Bonchev–Trinajstić information content (AvgIpc) is 2.87. The molecule has 0 bridgehead atoms. The summed E-state index contributed by atoms with van der Waals surface area (Å²) in [4.78, 5) is 27.6. The Morgan fingerprint density at radius 1 is 1.48 bits per heavy atom. The van der Waals surface area contributed by atoms with Gasteiger partial charge in [-0.05, 0) is 28.1 Å². The van der Waals surface area contributed by atoms with E-state index in [4.69, 9.17) is 5.26 Å². The Morgan fingerprint density at radius 3 is 2.90 bits per heavy atom. The maximum Gasteiger partial charge on any atom is 0.375 e. The van der Waals surface area contributed by atoms with Crippen molar-refractivity contribution >= 4 is 27.7 Å². The lowest BCUT2D eigenvalue weighted by Gasteiger charge is -2.04. The molecule has 0 fully saturated rings. The van der Waals surface area contributed by atoms with Crippen molar-refractivity contribution in [1.29, 1.82) is 5.26 Å². The Kier molecular flexibility index (Phi) is 4.45. The first-order valence-corrected chi connectivity index (χ1v) is 6.56. The molecule has 0 aliphatic carbocycles. The van der Waals surface area contributed by atoms with E-state index in [0.29, 0.717) is 11.1 Å². The number of nitriles is 1. The molecule has 106 valence electrons. The van der Waals surface area contributed by atoms with Gasteiger partial charge in [0.05, 0.1) is 18.7 Å². The van der Waals surface area contributed by atoms with E-state index in [1.807, 2.05) is 6.07 Å². The normalized spacial score (nSPS) is 9.95. The van der Waals surface area contributed by atoms with Gasteiger partial charge in [0, 0.05) is 5.56 Å². The van der Waals surface area contributed by atoms with Crippen LogP contribution in [0.25, 0.3) is 0 Å². The van der Waals surface area contributed by atoms with Gasteiger partial charge in [-0.2, -0.15) is 10.2 Å². The zero-order valence-electron chi connectivity index (χ0n) is 10.9. The summed E-state index contributed by atoms with van der Waals surface area (Å²) in [6.07, 6.45) is 0. The summed E-state index contributed by atoms with van der Waals surface area (Å²) in [7, 11) is 1.22. The second kappa shape index (κ2) is 6.28. The molecule has 0 aliphatic rings. The van der Waals surface area contributed by atoms with E-state index in [2.05, 4.69) is 30.7 Å². The van der Waals surface area contributed by atoms with Crippen molar-refractivity contribution in [3.63, 3.8) is 0 Å². The number of rotatable bonds is 4. The van der Waals surface area contributed by atoms with Crippen LogP contribution in [0.4, 0.5) is 0 Å². The Bertz CT molecular complexity index is 748. The quantitative estimate of drug-likeness (QED) is 0.614. The molecule has 0 radical (unpaired) electrons. The third-order valence-corrected chi connectivity index (χ3v) is 2.96. The monoisotopic (exact) mass is 348 g/mol. The van der Waals surface area contributed by atoms with Crippen LogP contribution < -0.4 is 0 Å². The highest BCUT2D eigenvalue weighted by Gasteiger charge is 2.19. The summed E-state index contributed by atoms with van der Waals surface area (Å²) in [5, 5.41) is 12.8. The van der Waals surface area contributed by atoms with E-state index in [1.54, 1.807) is 18.2 Å². The molecule has 7 nitrogen and oxygen atoms in total. The van der Waals surface area contributed by atoms with Gasteiger partial charge < -0.3 is 4.74 Å². The van der Waals surface area contributed by atoms with Gasteiger partial charge in [0.1, 0.15) is 6.54 Å². The molecule has 0 aliphatic heterocycles. The van der Waals surface area contributed by atoms with Gasteiger partial charge in [0.15, 0.2) is 5.78 Å². The number of nitrogens with zero attached hydrogens (tertiary/aromatic N) is 4. The Hall–Kier alpha value is -2.53. The number of carbonyl (C=O) groups excluding carboxylic acids is 2. The minimum atomic E-state index is -0.688. The number of hydrogen-bond donors (Lipinski definition) is 0. The molecule has 0 amide bonds. The fourth-order valence-corrected chi connectivity index (χ4v) is 2.02. The maximum absolute atomic E-state index is 12.2. The molecule has 2 aromatic rings. The topological polar surface area (TPSA) is 97.9 Å². The van der Waals surface area contributed by atoms with E-state index in [1.165, 1.54) is 13.2 Å². The third-order valence-electron chi connectivity index (χ3n) is 2.62. The molecule has 2 rings (SSSR count). The Balaban J connectivity index is 2.27. The number of benzene rings is 1. The molecule has 0 saturated carbocycles. The van der Waals surface area contributed by atoms with E-state index in [-0.39, 0.29) is 22.9 Å². The lowest BCUT2D eigenvalue weighted by molar-refractivity contribution is 0.0579. The summed E-state index contributed by atoms with van der Waals surface area (Å²) < 4.78 is 5.91. The number of aromatic nitrogens is 3. The Morgan fingerprint density at radius 2 is 2.24 bits per heavy atom. The zero-order chi connectivity index (χ0) is 15.4. The van der Waals surface area contributed by atoms with Gasteiger partial charge in [-0.15, -0.1) is 5.10 Å². The van der Waals surface area contributed by atoms with Gasteiger partial charge in [0.2, 0.25) is 10.6 Å². The predicted octanol–water partition coefficient (Wildman–Crippen LogP) is 1.58. The van der Waals surface area contributed by atoms with Crippen LogP contribution in [-0.2, 0) is 11.3 Å². The molecule has 0 unspecified atom stereocenters. The van der Waals surface area contributed by atoms with Crippen molar-refractivity contribution in [3.8, 4) is 6.07 Å². The van der Waals surface area contributed by atoms with Crippen LogP contribution in [0.1, 0.15) is 26.5 Å². The first kappa shape index (κ1) is 14.9. The molecule has 1 heterocycles. The van der Waals surface area contributed by atoms with Crippen LogP contribution >= 0.6 is 15.9 Å². The van der Waals surface area contributed by atoms with E-state index >= 15 is 0 Å². The van der Waals surface area contributed by atoms with Crippen molar-refractivity contribution in [2.75, 3.05) is 7.11 Å². The maximum atomic E-state index is 12.2. The van der Waals surface area contributed by atoms with Crippen LogP contribution in [0.2, 0.25) is 0 Å². The van der Waals surface area contributed by atoms with Crippen LogP contribution in [0.5, 0.6) is 0 Å². The third kappa shape index (κ3) is 3.32. The van der Waals surface area contributed by atoms with Gasteiger partial charge in [0.25, 0.3) is 0 Å². The lowest BCUT2D eigenvalue weighted by Crippen LogP contribution is -2.18. The standard InChI is InChI=1S/C13H9BrN4O3/c1-21-12(20)11-16-13(14)17-18(11)7-10(19)9-4-2-3-8(5-9)6-15/h2-5H,7H2,1H3. The fraction of sp³-hybridized carbons (Fsp3) is 0.154. The minimum Gasteiger partial charge on any atom is -0.463 e. The first-order valence-electron chi connectivity index (χ1n) is 5.77. The lowest BCUT2D eigenvalue weighted by atomic mass is 10.1. The fourth-order valence-electron chi connectivity index (χ4n) is 1.66. The minimum absolute atomic E-state index is 0.0748. The van der Waals surface area contributed by atoms with Crippen molar-refractivity contribution in [2.24, 2.45) is 0 Å². The second-order valence-electron chi connectivity index (χ2n) is 3.97. The number of halogens is 1. The summed E-state index contributed by atoms with van der Waals surface area (Å²) in [6, 6.07) is 8.24. The number of esters is 1. The van der Waals surface area contributed by atoms with Crippen molar-refractivity contribution in [3.05, 3.63) is 46.0 Å². The summed E-state index contributed by atoms with van der Waals surface area (Å²) >= 11 is 3.04. The molecular weight excluding hydrogens is 340 g/mol. The van der Waals surface area contributed by atoms with E-state index < -0.39 is 5.97 Å². The van der Waals surface area contributed by atoms with Crippen molar-refractivity contribution in [1.82, 2.24) is 14.8 Å². The predicted molar refractivity (Wildman–Crippen MR) is 74.5 cm³/mol. The molecule has 0 spiro atoms. The second-order valence-corrected chi connectivity index (χ2v) is 4.68. The van der Waals surface area contributed by atoms with Crippen LogP contribution in [0, 0.1) is 11.3 Å². The molecule has 1 aromatic heterocycles. The smallest absolute Gasteiger partial charge is 0.375 e. The van der Waals surface area contributed by atoms with Crippen LogP contribution in [-0.4, -0.2) is 33.6 Å². The number of hydrogen-bond acceptors (Lipinski definition) is 6. The van der Waals surface area contributed by atoms with Crippen LogP contribution in [0.15, 0.2) is 29.0 Å². The van der Waals surface area contributed by atoms with E-state index in [9.17, 15) is 9.59 Å². The van der Waals surface area contributed by atoms with Gasteiger partial charge in [-0.25, -0.2) is 9.48 Å². The summed E-state index contributed by atoms with van der Waals surface area (Å²) in [5.74, 6) is -1.06. The van der Waals surface area contributed by atoms with Crippen LogP contribution in [0.3, 0.4) is 0 Å². The molecule has 1 aromatic carbocycles. The van der Waals surface area contributed by atoms with Gasteiger partial charge in [-0.1, -0.05) is 12.1 Å².